The summed E-state index contributed by atoms with van der Waals surface area (Å²) in [6, 6.07) is 4.89. The highest BCUT2D eigenvalue weighted by atomic mass is 19.1. The number of halogens is 1. The Labute approximate surface area is 246 Å². The van der Waals surface area contributed by atoms with Gasteiger partial charge in [-0.1, -0.05) is 6.92 Å². The van der Waals surface area contributed by atoms with Crippen LogP contribution in [0.4, 0.5) is 10.3 Å². The molecule has 3 aromatic rings. The van der Waals surface area contributed by atoms with Gasteiger partial charge in [-0.3, -0.25) is 14.7 Å². The third-order valence-corrected chi connectivity index (χ3v) is 9.22. The summed E-state index contributed by atoms with van der Waals surface area (Å²) >= 11 is 0. The van der Waals surface area contributed by atoms with Crippen LogP contribution < -0.4 is 10.2 Å². The fourth-order valence-electron chi connectivity index (χ4n) is 6.28. The molecule has 0 aliphatic carbocycles. The van der Waals surface area contributed by atoms with Crippen molar-refractivity contribution in [1.82, 2.24) is 29.7 Å². The van der Waals surface area contributed by atoms with Crippen LogP contribution in [-0.2, 0) is 15.9 Å². The van der Waals surface area contributed by atoms with Crippen LogP contribution in [0.3, 0.4) is 0 Å². The molecule has 3 aliphatic heterocycles. The van der Waals surface area contributed by atoms with Crippen molar-refractivity contribution in [3.63, 3.8) is 0 Å². The summed E-state index contributed by atoms with van der Waals surface area (Å²) in [6.45, 7) is 8.82. The van der Waals surface area contributed by atoms with Crippen LogP contribution in [0.25, 0.3) is 10.9 Å². The predicted molar refractivity (Wildman–Crippen MR) is 159 cm³/mol. The number of rotatable bonds is 9. The topological polar surface area (TPSA) is 97.6 Å². The molecule has 10 nitrogen and oxygen atoms in total. The number of methoxy groups -OCH3 is 1. The maximum atomic E-state index is 14.5. The summed E-state index contributed by atoms with van der Waals surface area (Å²) in [5, 5.41) is 4.16. The van der Waals surface area contributed by atoms with Crippen molar-refractivity contribution in [2.24, 2.45) is 0 Å². The molecule has 0 aromatic carbocycles. The van der Waals surface area contributed by atoms with Crippen molar-refractivity contribution in [1.29, 1.82) is 0 Å². The number of hydrogen-bond donors (Lipinski definition) is 1. The molecule has 226 valence electrons. The van der Waals surface area contributed by atoms with Gasteiger partial charge in [-0.15, -0.1) is 0 Å². The van der Waals surface area contributed by atoms with Crippen molar-refractivity contribution >= 4 is 22.8 Å². The van der Waals surface area contributed by atoms with Gasteiger partial charge < -0.3 is 24.3 Å². The van der Waals surface area contributed by atoms with E-state index in [2.05, 4.69) is 39.7 Å². The number of fused-ring (bicyclic) bond motifs is 1. The van der Waals surface area contributed by atoms with E-state index >= 15 is 0 Å². The van der Waals surface area contributed by atoms with Crippen LogP contribution in [-0.4, -0.2) is 101 Å². The van der Waals surface area contributed by atoms with Crippen molar-refractivity contribution in [2.75, 3.05) is 51.4 Å². The summed E-state index contributed by atoms with van der Waals surface area (Å²) in [5.41, 5.74) is 3.34. The number of carbonyl (C=O) groups is 1. The Morgan fingerprint density at radius 3 is 2.69 bits per heavy atom. The number of ether oxygens (including phenoxy) is 2. The number of likely N-dealkylation sites (tertiary alicyclic amines) is 1. The van der Waals surface area contributed by atoms with Crippen molar-refractivity contribution in [3.05, 3.63) is 47.7 Å². The SMILES string of the molecule is CCC(C)n1cc(C(=O)NC2CCN(C3COC3)CC2)c2cnc(Cc3ccnc(N4CC[C@@H](OC)[C@@H](F)C4)n3)cc21. The first-order valence-corrected chi connectivity index (χ1v) is 15.3. The molecule has 0 bridgehead atoms. The molecule has 11 heteroatoms. The van der Waals surface area contributed by atoms with Gasteiger partial charge in [0.05, 0.1) is 48.7 Å². The Hall–Kier alpha value is -3.15. The molecular weight excluding hydrogens is 537 g/mol. The number of nitrogens with one attached hydrogen (secondary N) is 1. The second-order valence-electron chi connectivity index (χ2n) is 11.9. The molecule has 1 amide bonds. The third-order valence-electron chi connectivity index (χ3n) is 9.22. The number of carbonyl (C=O) groups excluding carboxylic acids is 1. The minimum absolute atomic E-state index is 0.0362. The highest BCUT2D eigenvalue weighted by molar-refractivity contribution is 6.07. The number of pyridine rings is 1. The lowest BCUT2D eigenvalue weighted by Gasteiger charge is -2.41. The zero-order valence-corrected chi connectivity index (χ0v) is 24.8. The van der Waals surface area contributed by atoms with E-state index in [9.17, 15) is 9.18 Å². The van der Waals surface area contributed by atoms with E-state index in [1.165, 1.54) is 0 Å². The number of alkyl halides is 1. The molecule has 6 heterocycles. The number of nitrogens with zero attached hydrogens (tertiary/aromatic N) is 6. The molecule has 0 saturated carbocycles. The van der Waals surface area contributed by atoms with Gasteiger partial charge in [0, 0.05) is 74.9 Å². The molecule has 1 N–H and O–H groups in total. The largest absolute Gasteiger partial charge is 0.378 e. The quantitative estimate of drug-likeness (QED) is 0.411. The Balaban J connectivity index is 1.18. The highest BCUT2D eigenvalue weighted by Gasteiger charge is 2.32. The van der Waals surface area contributed by atoms with Gasteiger partial charge in [-0.05, 0) is 44.7 Å². The van der Waals surface area contributed by atoms with E-state index in [0.29, 0.717) is 36.9 Å². The van der Waals surface area contributed by atoms with Crippen LogP contribution in [0, 0.1) is 0 Å². The first kappa shape index (κ1) is 28.9. The predicted octanol–water partition coefficient (Wildman–Crippen LogP) is 3.54. The maximum Gasteiger partial charge on any atom is 0.253 e. The van der Waals surface area contributed by atoms with E-state index < -0.39 is 6.17 Å². The van der Waals surface area contributed by atoms with E-state index in [1.54, 1.807) is 13.3 Å². The average Bonchev–Trinajstić information content (AvgIpc) is 3.36. The third kappa shape index (κ3) is 6.00. The number of piperidine rings is 2. The standard InChI is InChI=1S/C31H42FN7O3/c1-4-20(2)39-16-26(30(40)35-21-6-10-37(11-7-21)24-18-42-19-24)25-15-34-23(14-28(25)39)13-22-5-9-33-31(36-22)38-12-8-29(41-3)27(32)17-38/h5,9,14-16,20-21,24,27,29H,4,6-8,10-13,17-19H2,1-3H3,(H,35,40)/t20?,27-,29+/m0/s1. The normalized spacial score (nSPS) is 23.2. The molecule has 1 unspecified atom stereocenters. The summed E-state index contributed by atoms with van der Waals surface area (Å²) in [6.07, 6.45) is 8.03. The minimum Gasteiger partial charge on any atom is -0.378 e. The van der Waals surface area contributed by atoms with E-state index in [4.69, 9.17) is 19.4 Å². The number of anilines is 1. The number of amides is 1. The first-order chi connectivity index (χ1) is 20.4. The van der Waals surface area contributed by atoms with E-state index in [1.807, 2.05) is 23.4 Å². The molecule has 6 rings (SSSR count). The van der Waals surface area contributed by atoms with Gasteiger partial charge in [0.25, 0.3) is 5.91 Å². The molecule has 0 radical (unpaired) electrons. The monoisotopic (exact) mass is 579 g/mol. The number of aromatic nitrogens is 4. The summed E-state index contributed by atoms with van der Waals surface area (Å²) in [7, 11) is 1.55. The molecule has 3 saturated heterocycles. The lowest BCUT2D eigenvalue weighted by molar-refractivity contribution is -0.0716. The van der Waals surface area contributed by atoms with Gasteiger partial charge in [0.15, 0.2) is 0 Å². The van der Waals surface area contributed by atoms with Gasteiger partial charge >= 0.3 is 0 Å². The summed E-state index contributed by atoms with van der Waals surface area (Å²) < 4.78 is 27.3. The Morgan fingerprint density at radius 1 is 1.19 bits per heavy atom. The molecule has 3 atom stereocenters. The second-order valence-corrected chi connectivity index (χ2v) is 11.9. The lowest BCUT2D eigenvalue weighted by atomic mass is 10.0. The Bertz CT molecular complexity index is 1390. The molecule has 42 heavy (non-hydrogen) atoms. The smallest absolute Gasteiger partial charge is 0.253 e. The van der Waals surface area contributed by atoms with Crippen LogP contribution in [0.1, 0.15) is 67.3 Å². The van der Waals surface area contributed by atoms with Crippen molar-refractivity contribution < 1.29 is 18.7 Å². The molecule has 0 spiro atoms. The molecule has 3 aliphatic rings. The zero-order chi connectivity index (χ0) is 29.2. The fourth-order valence-corrected chi connectivity index (χ4v) is 6.28. The number of hydrogen-bond acceptors (Lipinski definition) is 8. The summed E-state index contributed by atoms with van der Waals surface area (Å²) in [4.78, 5) is 31.8. The highest BCUT2D eigenvalue weighted by Crippen LogP contribution is 2.28. The van der Waals surface area contributed by atoms with Crippen LogP contribution in [0.15, 0.2) is 30.7 Å². The second kappa shape index (κ2) is 12.6. The van der Waals surface area contributed by atoms with Gasteiger partial charge in [-0.25, -0.2) is 14.4 Å². The van der Waals surface area contributed by atoms with Crippen LogP contribution in [0.5, 0.6) is 0 Å². The van der Waals surface area contributed by atoms with Crippen molar-refractivity contribution in [3.8, 4) is 0 Å². The van der Waals surface area contributed by atoms with Crippen LogP contribution in [0.2, 0.25) is 0 Å². The van der Waals surface area contributed by atoms with E-state index in [-0.39, 0.29) is 30.6 Å². The lowest BCUT2D eigenvalue weighted by Crippen LogP contribution is -2.54. The average molecular weight is 580 g/mol. The molecular formula is C31H42FN7O3. The van der Waals surface area contributed by atoms with E-state index in [0.717, 1.165) is 67.9 Å². The van der Waals surface area contributed by atoms with Gasteiger partial charge in [0.1, 0.15) is 6.17 Å². The Kier molecular flexibility index (Phi) is 8.69. The first-order valence-electron chi connectivity index (χ1n) is 15.3. The molecule has 3 fully saturated rings. The maximum absolute atomic E-state index is 14.5. The molecule has 3 aromatic heterocycles. The van der Waals surface area contributed by atoms with Gasteiger partial charge in [-0.2, -0.15) is 0 Å². The zero-order valence-electron chi connectivity index (χ0n) is 24.8. The Morgan fingerprint density at radius 2 is 2.00 bits per heavy atom. The summed E-state index contributed by atoms with van der Waals surface area (Å²) in [5.74, 6) is 0.491. The fraction of sp³-hybridized carbons (Fsp3) is 0.613. The van der Waals surface area contributed by atoms with Gasteiger partial charge in [0.2, 0.25) is 5.95 Å². The minimum atomic E-state index is -1.07. The van der Waals surface area contributed by atoms with Crippen LogP contribution >= 0.6 is 0 Å². The van der Waals surface area contributed by atoms with Crippen molar-refractivity contribution in [2.45, 2.75) is 76.4 Å².